The Bertz CT molecular complexity index is 456. The molecule has 1 aromatic carbocycles. The second-order valence-corrected chi connectivity index (χ2v) is 6.25. The molecule has 1 atom stereocenters. The summed E-state index contributed by atoms with van der Waals surface area (Å²) in [5.41, 5.74) is 0.959. The first-order valence-electron chi connectivity index (χ1n) is 7.83. The van der Waals surface area contributed by atoms with E-state index in [-0.39, 0.29) is 11.7 Å². The minimum atomic E-state index is 0.190. The number of aromatic hydroxyl groups is 1. The average molecular weight is 290 g/mol. The Morgan fingerprint density at radius 2 is 2.10 bits per heavy atom. The standard InChI is InChI=1S/C17H26N2O2/c1-13(2)18-11-15-4-3-9-19(12-15)17(21)10-14-5-7-16(20)8-6-14/h5-8,13,15,18,20H,3-4,9-12H2,1-2H3. The van der Waals surface area contributed by atoms with E-state index in [9.17, 15) is 9.90 Å². The summed E-state index contributed by atoms with van der Waals surface area (Å²) in [5, 5.41) is 12.7. The summed E-state index contributed by atoms with van der Waals surface area (Å²) >= 11 is 0. The largest absolute Gasteiger partial charge is 0.508 e. The number of hydrogen-bond donors (Lipinski definition) is 2. The van der Waals surface area contributed by atoms with E-state index in [4.69, 9.17) is 0 Å². The Morgan fingerprint density at radius 3 is 2.76 bits per heavy atom. The molecule has 0 aromatic heterocycles. The van der Waals surface area contributed by atoms with Gasteiger partial charge in [0.15, 0.2) is 0 Å². The summed E-state index contributed by atoms with van der Waals surface area (Å²) < 4.78 is 0. The maximum Gasteiger partial charge on any atom is 0.226 e. The first kappa shape index (κ1) is 15.8. The molecule has 116 valence electrons. The van der Waals surface area contributed by atoms with Gasteiger partial charge in [-0.2, -0.15) is 0 Å². The lowest BCUT2D eigenvalue weighted by Gasteiger charge is -2.33. The van der Waals surface area contributed by atoms with E-state index < -0.39 is 0 Å². The molecule has 1 heterocycles. The van der Waals surface area contributed by atoms with Crippen LogP contribution in [0.2, 0.25) is 0 Å². The minimum absolute atomic E-state index is 0.190. The third kappa shape index (κ3) is 5.05. The molecule has 0 bridgehead atoms. The van der Waals surface area contributed by atoms with Crippen LogP contribution in [-0.4, -0.2) is 41.6 Å². The van der Waals surface area contributed by atoms with Gasteiger partial charge in [-0.3, -0.25) is 4.79 Å². The normalized spacial score (nSPS) is 19.0. The number of likely N-dealkylation sites (tertiary alicyclic amines) is 1. The van der Waals surface area contributed by atoms with Crippen LogP contribution in [0.15, 0.2) is 24.3 Å². The lowest BCUT2D eigenvalue weighted by molar-refractivity contribution is -0.132. The highest BCUT2D eigenvalue weighted by Gasteiger charge is 2.23. The molecular formula is C17H26N2O2. The van der Waals surface area contributed by atoms with Gasteiger partial charge in [-0.05, 0) is 43.0 Å². The fourth-order valence-electron chi connectivity index (χ4n) is 2.76. The molecule has 1 aromatic rings. The summed E-state index contributed by atoms with van der Waals surface area (Å²) in [6.07, 6.45) is 2.71. The topological polar surface area (TPSA) is 52.6 Å². The summed E-state index contributed by atoms with van der Waals surface area (Å²) in [6.45, 7) is 7.01. The minimum Gasteiger partial charge on any atom is -0.508 e. The number of phenolic OH excluding ortho intramolecular Hbond substituents is 1. The van der Waals surface area contributed by atoms with Crippen molar-refractivity contribution in [1.29, 1.82) is 0 Å². The van der Waals surface area contributed by atoms with Gasteiger partial charge in [-0.1, -0.05) is 26.0 Å². The van der Waals surface area contributed by atoms with Crippen LogP contribution in [0.3, 0.4) is 0 Å². The van der Waals surface area contributed by atoms with Crippen molar-refractivity contribution in [3.63, 3.8) is 0 Å². The predicted molar refractivity (Wildman–Crippen MR) is 84.3 cm³/mol. The second-order valence-electron chi connectivity index (χ2n) is 6.25. The molecule has 0 radical (unpaired) electrons. The molecule has 4 heteroatoms. The van der Waals surface area contributed by atoms with E-state index in [1.54, 1.807) is 12.1 Å². The van der Waals surface area contributed by atoms with Crippen LogP contribution in [0, 0.1) is 5.92 Å². The maximum absolute atomic E-state index is 12.4. The number of carbonyl (C=O) groups is 1. The number of nitrogens with zero attached hydrogens (tertiary/aromatic N) is 1. The average Bonchev–Trinajstić information content (AvgIpc) is 2.48. The number of carbonyl (C=O) groups excluding carboxylic acids is 1. The Balaban J connectivity index is 1.85. The maximum atomic E-state index is 12.4. The number of hydrogen-bond acceptors (Lipinski definition) is 3. The van der Waals surface area contributed by atoms with Gasteiger partial charge in [-0.25, -0.2) is 0 Å². The summed E-state index contributed by atoms with van der Waals surface area (Å²) in [5.74, 6) is 0.990. The quantitative estimate of drug-likeness (QED) is 0.874. The monoisotopic (exact) mass is 290 g/mol. The fourth-order valence-corrected chi connectivity index (χ4v) is 2.76. The van der Waals surface area contributed by atoms with Crippen molar-refractivity contribution < 1.29 is 9.90 Å². The number of amides is 1. The van der Waals surface area contributed by atoms with E-state index in [2.05, 4.69) is 19.2 Å². The van der Waals surface area contributed by atoms with E-state index in [1.807, 2.05) is 17.0 Å². The molecule has 4 nitrogen and oxygen atoms in total. The van der Waals surface area contributed by atoms with Crippen molar-refractivity contribution in [3.8, 4) is 5.75 Å². The van der Waals surface area contributed by atoms with Crippen LogP contribution in [0.25, 0.3) is 0 Å². The highest BCUT2D eigenvalue weighted by molar-refractivity contribution is 5.78. The van der Waals surface area contributed by atoms with Crippen LogP contribution in [0.1, 0.15) is 32.3 Å². The third-order valence-corrected chi connectivity index (χ3v) is 3.98. The van der Waals surface area contributed by atoms with Gasteiger partial charge in [0.25, 0.3) is 0 Å². The highest BCUT2D eigenvalue weighted by atomic mass is 16.3. The highest BCUT2D eigenvalue weighted by Crippen LogP contribution is 2.18. The number of nitrogens with one attached hydrogen (secondary N) is 1. The van der Waals surface area contributed by atoms with Crippen LogP contribution in [0.4, 0.5) is 0 Å². The van der Waals surface area contributed by atoms with Crippen molar-refractivity contribution in [1.82, 2.24) is 10.2 Å². The van der Waals surface area contributed by atoms with Crippen molar-refractivity contribution in [2.75, 3.05) is 19.6 Å². The lowest BCUT2D eigenvalue weighted by atomic mass is 9.97. The van der Waals surface area contributed by atoms with E-state index in [0.717, 1.165) is 31.6 Å². The number of benzene rings is 1. The molecule has 21 heavy (non-hydrogen) atoms. The molecule has 2 rings (SSSR count). The first-order chi connectivity index (χ1) is 10.0. The number of rotatable bonds is 5. The molecule has 1 saturated heterocycles. The zero-order chi connectivity index (χ0) is 15.2. The number of phenols is 1. The molecule has 0 spiro atoms. The van der Waals surface area contributed by atoms with Gasteiger partial charge in [0.05, 0.1) is 6.42 Å². The Hall–Kier alpha value is -1.55. The second kappa shape index (κ2) is 7.46. The molecule has 1 aliphatic heterocycles. The van der Waals surface area contributed by atoms with E-state index >= 15 is 0 Å². The van der Waals surface area contributed by atoms with Crippen LogP contribution in [0.5, 0.6) is 5.75 Å². The zero-order valence-corrected chi connectivity index (χ0v) is 13.0. The Labute approximate surface area is 127 Å². The van der Waals surface area contributed by atoms with Gasteiger partial charge in [0.1, 0.15) is 5.75 Å². The van der Waals surface area contributed by atoms with Crippen LogP contribution < -0.4 is 5.32 Å². The molecule has 0 saturated carbocycles. The van der Waals surface area contributed by atoms with Gasteiger partial charge in [-0.15, -0.1) is 0 Å². The van der Waals surface area contributed by atoms with Gasteiger partial charge in [0.2, 0.25) is 5.91 Å². The molecular weight excluding hydrogens is 264 g/mol. The molecule has 0 aliphatic carbocycles. The van der Waals surface area contributed by atoms with Crippen molar-refractivity contribution >= 4 is 5.91 Å². The fraction of sp³-hybridized carbons (Fsp3) is 0.588. The molecule has 1 fully saturated rings. The van der Waals surface area contributed by atoms with Gasteiger partial charge in [0, 0.05) is 19.1 Å². The molecule has 2 N–H and O–H groups in total. The molecule has 1 aliphatic rings. The Kier molecular flexibility index (Phi) is 5.62. The summed E-state index contributed by atoms with van der Waals surface area (Å²) in [7, 11) is 0. The predicted octanol–water partition coefficient (Wildman–Crippen LogP) is 2.17. The van der Waals surface area contributed by atoms with Crippen molar-refractivity contribution in [2.45, 2.75) is 39.2 Å². The molecule has 1 unspecified atom stereocenters. The van der Waals surface area contributed by atoms with Gasteiger partial charge >= 0.3 is 0 Å². The van der Waals surface area contributed by atoms with Crippen molar-refractivity contribution in [3.05, 3.63) is 29.8 Å². The summed E-state index contributed by atoms with van der Waals surface area (Å²) in [6, 6.07) is 7.39. The van der Waals surface area contributed by atoms with Gasteiger partial charge < -0.3 is 15.3 Å². The van der Waals surface area contributed by atoms with Crippen LogP contribution >= 0.6 is 0 Å². The van der Waals surface area contributed by atoms with E-state index in [0.29, 0.717) is 18.4 Å². The molecule has 1 amide bonds. The Morgan fingerprint density at radius 1 is 1.38 bits per heavy atom. The SMILES string of the molecule is CC(C)NCC1CCCN(C(=O)Cc2ccc(O)cc2)C1. The number of piperidine rings is 1. The smallest absolute Gasteiger partial charge is 0.226 e. The summed E-state index contributed by atoms with van der Waals surface area (Å²) in [4.78, 5) is 14.4. The first-order valence-corrected chi connectivity index (χ1v) is 7.83. The van der Waals surface area contributed by atoms with E-state index in [1.165, 1.54) is 6.42 Å². The third-order valence-electron chi connectivity index (χ3n) is 3.98. The van der Waals surface area contributed by atoms with Crippen LogP contribution in [-0.2, 0) is 11.2 Å². The van der Waals surface area contributed by atoms with Crippen molar-refractivity contribution in [2.24, 2.45) is 5.92 Å². The lowest BCUT2D eigenvalue weighted by Crippen LogP contribution is -2.44. The zero-order valence-electron chi connectivity index (χ0n) is 13.0.